The number of furan rings is 1. The van der Waals surface area contributed by atoms with Crippen molar-refractivity contribution in [2.24, 2.45) is 0 Å². The molecule has 0 bridgehead atoms. The Balaban J connectivity index is 1.82. The topological polar surface area (TPSA) is 79.6 Å². The van der Waals surface area contributed by atoms with Gasteiger partial charge in [0.05, 0.1) is 19.4 Å². The number of anilines is 1. The van der Waals surface area contributed by atoms with Crippen LogP contribution in [-0.2, 0) is 26.8 Å². The van der Waals surface area contributed by atoms with Crippen molar-refractivity contribution in [1.82, 2.24) is 4.31 Å². The Bertz CT molecular complexity index is 1160. The van der Waals surface area contributed by atoms with Crippen molar-refractivity contribution >= 4 is 27.7 Å². The van der Waals surface area contributed by atoms with E-state index in [2.05, 4.69) is 26.1 Å². The third kappa shape index (κ3) is 6.42. The quantitative estimate of drug-likeness (QED) is 0.521. The van der Waals surface area contributed by atoms with Gasteiger partial charge < -0.3 is 9.73 Å². The van der Waals surface area contributed by atoms with Gasteiger partial charge in [0.15, 0.2) is 0 Å². The van der Waals surface area contributed by atoms with Crippen LogP contribution in [0.15, 0.2) is 82.8 Å². The molecule has 1 amide bonds. The molecular weight excluding hydrogens is 424 g/mol. The third-order valence-electron chi connectivity index (χ3n) is 4.83. The third-order valence-corrected chi connectivity index (χ3v) is 6.29. The number of nitrogens with one attached hydrogen (secondary N) is 1. The first-order chi connectivity index (χ1) is 15.1. The highest BCUT2D eigenvalue weighted by atomic mass is 32.2. The summed E-state index contributed by atoms with van der Waals surface area (Å²) in [7, 11) is -3.89. The minimum absolute atomic E-state index is 0.0528. The van der Waals surface area contributed by atoms with E-state index in [1.54, 1.807) is 24.3 Å². The lowest BCUT2D eigenvalue weighted by Crippen LogP contribution is -2.36. The van der Waals surface area contributed by atoms with Crippen LogP contribution in [-0.4, -0.2) is 25.2 Å². The van der Waals surface area contributed by atoms with Gasteiger partial charge in [-0.15, -0.1) is 0 Å². The molecule has 0 aliphatic heterocycles. The van der Waals surface area contributed by atoms with Gasteiger partial charge in [0.1, 0.15) is 5.76 Å². The average Bonchev–Trinajstić information content (AvgIpc) is 3.25. The van der Waals surface area contributed by atoms with Gasteiger partial charge in [0.25, 0.3) is 0 Å². The van der Waals surface area contributed by atoms with Gasteiger partial charge in [-0.3, -0.25) is 4.79 Å². The molecule has 0 fully saturated rings. The van der Waals surface area contributed by atoms with E-state index in [1.165, 1.54) is 12.3 Å². The van der Waals surface area contributed by atoms with Crippen LogP contribution in [0.5, 0.6) is 0 Å². The number of benzene rings is 2. The van der Waals surface area contributed by atoms with Crippen LogP contribution in [0, 0.1) is 0 Å². The zero-order valence-electron chi connectivity index (χ0n) is 18.5. The summed E-state index contributed by atoms with van der Waals surface area (Å²) in [5.41, 5.74) is 2.21. The normalized spacial score (nSPS) is 12.4. The van der Waals surface area contributed by atoms with Gasteiger partial charge in [-0.1, -0.05) is 69.3 Å². The Labute approximate surface area is 189 Å². The van der Waals surface area contributed by atoms with Crippen molar-refractivity contribution in [1.29, 1.82) is 0 Å². The molecular formula is C25H28N2O4S. The summed E-state index contributed by atoms with van der Waals surface area (Å²) in [5.74, 6) is 0.0227. The molecule has 0 aliphatic rings. The highest BCUT2D eigenvalue weighted by molar-refractivity contribution is 7.92. The van der Waals surface area contributed by atoms with Crippen molar-refractivity contribution in [2.75, 3.05) is 11.9 Å². The molecule has 3 aromatic rings. The average molecular weight is 453 g/mol. The summed E-state index contributed by atoms with van der Waals surface area (Å²) in [5, 5.41) is 3.99. The fraction of sp³-hybridized carbons (Fsp3) is 0.240. The highest BCUT2D eigenvalue weighted by Crippen LogP contribution is 2.29. The van der Waals surface area contributed by atoms with Crippen LogP contribution >= 0.6 is 0 Å². The van der Waals surface area contributed by atoms with E-state index >= 15 is 0 Å². The van der Waals surface area contributed by atoms with E-state index in [1.807, 2.05) is 42.5 Å². The zero-order chi connectivity index (χ0) is 23.2. The predicted octanol–water partition coefficient (Wildman–Crippen LogP) is 5.02. The molecule has 0 spiro atoms. The number of carbonyl (C=O) groups excluding carboxylic acids is 1. The van der Waals surface area contributed by atoms with Crippen molar-refractivity contribution in [3.8, 4) is 0 Å². The van der Waals surface area contributed by atoms with Crippen molar-refractivity contribution in [2.45, 2.75) is 32.7 Å². The van der Waals surface area contributed by atoms with Crippen LogP contribution < -0.4 is 5.32 Å². The van der Waals surface area contributed by atoms with Crippen molar-refractivity contribution < 1.29 is 17.6 Å². The van der Waals surface area contributed by atoms with Gasteiger partial charge in [-0.2, -0.15) is 4.31 Å². The highest BCUT2D eigenvalue weighted by Gasteiger charge is 2.25. The SMILES string of the molecule is CC(C)(C)c1ccccc1NC(=O)CN(Cc1ccco1)S(=O)(=O)/C=C/c1ccccc1. The Morgan fingerprint density at radius 2 is 1.69 bits per heavy atom. The summed E-state index contributed by atoms with van der Waals surface area (Å²) in [4.78, 5) is 12.9. The number of amides is 1. The maximum atomic E-state index is 13.1. The molecule has 0 radical (unpaired) electrons. The number of para-hydroxylation sites is 1. The molecule has 1 N–H and O–H groups in total. The standard InChI is InChI=1S/C25H28N2O4S/c1-25(2,3)22-13-7-8-14-23(22)26-24(28)19-27(18-21-12-9-16-31-21)32(29,30)17-15-20-10-5-4-6-11-20/h4-17H,18-19H2,1-3H3,(H,26,28)/b17-15+. The number of rotatable bonds is 8. The molecule has 32 heavy (non-hydrogen) atoms. The molecule has 0 atom stereocenters. The first-order valence-corrected chi connectivity index (χ1v) is 11.8. The second kappa shape index (κ2) is 9.97. The lowest BCUT2D eigenvalue weighted by atomic mass is 9.86. The van der Waals surface area contributed by atoms with E-state index in [4.69, 9.17) is 4.42 Å². The first kappa shape index (κ1) is 23.5. The monoisotopic (exact) mass is 452 g/mol. The second-order valence-corrected chi connectivity index (χ2v) is 10.3. The fourth-order valence-electron chi connectivity index (χ4n) is 3.22. The smallest absolute Gasteiger partial charge is 0.239 e. The second-order valence-electron chi connectivity index (χ2n) is 8.45. The number of hydrogen-bond acceptors (Lipinski definition) is 4. The van der Waals surface area contributed by atoms with E-state index in [0.717, 1.165) is 20.8 Å². The number of nitrogens with zero attached hydrogens (tertiary/aromatic N) is 1. The Hall–Kier alpha value is -3.16. The Morgan fingerprint density at radius 1 is 1.00 bits per heavy atom. The lowest BCUT2D eigenvalue weighted by Gasteiger charge is -2.24. The summed E-state index contributed by atoms with van der Waals surface area (Å²) >= 11 is 0. The molecule has 1 heterocycles. The minimum Gasteiger partial charge on any atom is -0.468 e. The molecule has 2 aromatic carbocycles. The Kier molecular flexibility index (Phi) is 7.33. The van der Waals surface area contributed by atoms with Gasteiger partial charge in [-0.25, -0.2) is 8.42 Å². The predicted molar refractivity (Wildman–Crippen MR) is 127 cm³/mol. The number of sulfonamides is 1. The molecule has 168 valence electrons. The maximum absolute atomic E-state index is 13.1. The van der Waals surface area contributed by atoms with Gasteiger partial charge in [-0.05, 0) is 40.8 Å². The summed E-state index contributed by atoms with van der Waals surface area (Å²) in [6.45, 7) is 5.77. The molecule has 3 rings (SSSR count). The van der Waals surface area contributed by atoms with Crippen molar-refractivity contribution in [3.05, 3.63) is 95.3 Å². The molecule has 1 aromatic heterocycles. The molecule has 6 nitrogen and oxygen atoms in total. The molecule has 0 unspecified atom stereocenters. The van der Waals surface area contributed by atoms with Crippen LogP contribution in [0.3, 0.4) is 0 Å². The van der Waals surface area contributed by atoms with E-state index in [9.17, 15) is 13.2 Å². The van der Waals surface area contributed by atoms with Gasteiger partial charge >= 0.3 is 0 Å². The molecule has 0 saturated heterocycles. The van der Waals surface area contributed by atoms with Gasteiger partial charge in [0, 0.05) is 11.1 Å². The Morgan fingerprint density at radius 3 is 2.34 bits per heavy atom. The molecule has 0 saturated carbocycles. The van der Waals surface area contributed by atoms with Gasteiger partial charge in [0.2, 0.25) is 15.9 Å². The van der Waals surface area contributed by atoms with Crippen LogP contribution in [0.1, 0.15) is 37.7 Å². The maximum Gasteiger partial charge on any atom is 0.239 e. The zero-order valence-corrected chi connectivity index (χ0v) is 19.3. The van der Waals surface area contributed by atoms with Crippen LogP contribution in [0.4, 0.5) is 5.69 Å². The van der Waals surface area contributed by atoms with Crippen LogP contribution in [0.25, 0.3) is 6.08 Å². The van der Waals surface area contributed by atoms with E-state index < -0.39 is 15.9 Å². The minimum atomic E-state index is -3.89. The summed E-state index contributed by atoms with van der Waals surface area (Å²) in [6.07, 6.45) is 2.98. The molecule has 0 aliphatic carbocycles. The van der Waals surface area contributed by atoms with E-state index in [0.29, 0.717) is 11.4 Å². The summed E-state index contributed by atoms with van der Waals surface area (Å²) in [6, 6.07) is 20.0. The number of hydrogen-bond donors (Lipinski definition) is 1. The van der Waals surface area contributed by atoms with E-state index in [-0.39, 0.29) is 18.5 Å². The largest absolute Gasteiger partial charge is 0.468 e. The van der Waals surface area contributed by atoms with Crippen molar-refractivity contribution in [3.63, 3.8) is 0 Å². The molecule has 7 heteroatoms. The number of carbonyl (C=O) groups is 1. The first-order valence-electron chi connectivity index (χ1n) is 10.3. The fourth-order valence-corrected chi connectivity index (χ4v) is 4.33. The lowest BCUT2D eigenvalue weighted by molar-refractivity contribution is -0.116. The summed E-state index contributed by atoms with van der Waals surface area (Å²) < 4.78 is 32.5. The van der Waals surface area contributed by atoms with Crippen LogP contribution in [0.2, 0.25) is 0 Å².